The Labute approximate surface area is 149 Å². The molecule has 132 valence electrons. The van der Waals surface area contributed by atoms with E-state index in [0.29, 0.717) is 23.2 Å². The number of amides is 1. The molecule has 1 amide bonds. The summed E-state index contributed by atoms with van der Waals surface area (Å²) in [5.74, 6) is 1.28. The maximum atomic E-state index is 12.2. The van der Waals surface area contributed by atoms with E-state index in [9.17, 15) is 4.79 Å². The van der Waals surface area contributed by atoms with Gasteiger partial charge in [0.05, 0.1) is 23.7 Å². The third-order valence-corrected chi connectivity index (χ3v) is 4.37. The Morgan fingerprint density at radius 3 is 2.84 bits per heavy atom. The van der Waals surface area contributed by atoms with Crippen molar-refractivity contribution in [1.29, 1.82) is 0 Å². The molecule has 3 aromatic heterocycles. The first-order valence-corrected chi connectivity index (χ1v) is 8.80. The number of H-pyrrole nitrogens is 2. The maximum Gasteiger partial charge on any atom is 0.287 e. The Kier molecular flexibility index (Phi) is 4.93. The predicted octanol–water partition coefficient (Wildman–Crippen LogP) is 2.64. The number of nitrogens with zero attached hydrogens (tertiary/aromatic N) is 3. The number of nitrogens with one attached hydrogen (secondary N) is 3. The van der Waals surface area contributed by atoms with E-state index in [-0.39, 0.29) is 17.1 Å². The SMILES string of the molecule is CC(C)(C)c1cc(CNC(=O)c2ccc(CSc3ncn[nH]3)o2)[nH]n1. The predicted molar refractivity (Wildman–Crippen MR) is 93.1 cm³/mol. The number of hydrogen-bond donors (Lipinski definition) is 3. The second kappa shape index (κ2) is 7.14. The van der Waals surface area contributed by atoms with E-state index in [0.717, 1.165) is 11.4 Å². The molecule has 0 aliphatic carbocycles. The fraction of sp³-hybridized carbons (Fsp3) is 0.375. The van der Waals surface area contributed by atoms with Gasteiger partial charge in [0.2, 0.25) is 0 Å². The fourth-order valence-corrected chi connectivity index (χ4v) is 2.75. The standard InChI is InChI=1S/C16H20N6O2S/c1-16(2,3)13-6-10(20-21-13)7-17-14(23)12-5-4-11(24-12)8-25-15-18-9-19-22-15/h4-6,9H,7-8H2,1-3H3,(H,17,23)(H,20,21)(H,18,19,22). The Bertz CT molecular complexity index is 831. The van der Waals surface area contributed by atoms with Gasteiger partial charge >= 0.3 is 0 Å². The van der Waals surface area contributed by atoms with Crippen LogP contribution in [0.2, 0.25) is 0 Å². The van der Waals surface area contributed by atoms with Gasteiger partial charge in [0, 0.05) is 5.41 Å². The smallest absolute Gasteiger partial charge is 0.287 e. The van der Waals surface area contributed by atoms with Crippen molar-refractivity contribution in [3.05, 3.63) is 47.4 Å². The molecule has 25 heavy (non-hydrogen) atoms. The minimum atomic E-state index is -0.261. The lowest BCUT2D eigenvalue weighted by molar-refractivity contribution is 0.0921. The third kappa shape index (κ3) is 4.50. The number of hydrogen-bond acceptors (Lipinski definition) is 6. The molecule has 0 spiro atoms. The number of thioether (sulfide) groups is 1. The Morgan fingerprint density at radius 1 is 1.32 bits per heavy atom. The van der Waals surface area contributed by atoms with Crippen LogP contribution in [0.25, 0.3) is 0 Å². The Morgan fingerprint density at radius 2 is 2.16 bits per heavy atom. The quantitative estimate of drug-likeness (QED) is 0.583. The summed E-state index contributed by atoms with van der Waals surface area (Å²) in [5, 5.41) is 17.3. The molecule has 0 radical (unpaired) electrons. The number of carbonyl (C=O) groups is 1. The highest BCUT2D eigenvalue weighted by Gasteiger charge is 2.18. The van der Waals surface area contributed by atoms with Crippen LogP contribution >= 0.6 is 11.8 Å². The van der Waals surface area contributed by atoms with Crippen molar-refractivity contribution in [3.63, 3.8) is 0 Å². The van der Waals surface area contributed by atoms with Gasteiger partial charge in [0.1, 0.15) is 12.1 Å². The van der Waals surface area contributed by atoms with Crippen molar-refractivity contribution in [2.24, 2.45) is 0 Å². The molecule has 0 bridgehead atoms. The normalized spacial score (nSPS) is 11.6. The van der Waals surface area contributed by atoms with Crippen molar-refractivity contribution in [2.75, 3.05) is 0 Å². The first kappa shape index (κ1) is 17.3. The molecule has 9 heteroatoms. The van der Waals surface area contributed by atoms with E-state index in [1.54, 1.807) is 12.1 Å². The summed E-state index contributed by atoms with van der Waals surface area (Å²) in [6.45, 7) is 6.64. The van der Waals surface area contributed by atoms with E-state index in [1.807, 2.05) is 6.07 Å². The van der Waals surface area contributed by atoms with Gasteiger partial charge in [-0.2, -0.15) is 10.2 Å². The van der Waals surface area contributed by atoms with E-state index in [2.05, 4.69) is 51.5 Å². The highest BCUT2D eigenvalue weighted by atomic mass is 32.2. The number of aromatic amines is 2. The summed E-state index contributed by atoms with van der Waals surface area (Å²) in [6, 6.07) is 5.41. The molecule has 0 aliphatic rings. The minimum Gasteiger partial charge on any atom is -0.455 e. The molecule has 0 saturated carbocycles. The second-order valence-electron chi connectivity index (χ2n) is 6.56. The van der Waals surface area contributed by atoms with Crippen LogP contribution < -0.4 is 5.32 Å². The molecule has 8 nitrogen and oxygen atoms in total. The lowest BCUT2D eigenvalue weighted by atomic mass is 9.92. The van der Waals surface area contributed by atoms with Crippen molar-refractivity contribution in [3.8, 4) is 0 Å². The van der Waals surface area contributed by atoms with Crippen molar-refractivity contribution in [2.45, 2.75) is 43.6 Å². The topological polar surface area (TPSA) is 112 Å². The minimum absolute atomic E-state index is 0.0319. The second-order valence-corrected chi connectivity index (χ2v) is 7.52. The van der Waals surface area contributed by atoms with E-state index in [1.165, 1.54) is 18.1 Å². The van der Waals surface area contributed by atoms with Crippen LogP contribution in [0, 0.1) is 0 Å². The van der Waals surface area contributed by atoms with Gasteiger partial charge in [0.15, 0.2) is 10.9 Å². The highest BCUT2D eigenvalue weighted by Crippen LogP contribution is 2.21. The van der Waals surface area contributed by atoms with Crippen LogP contribution in [-0.4, -0.2) is 31.3 Å². The molecule has 3 heterocycles. The largest absolute Gasteiger partial charge is 0.455 e. The van der Waals surface area contributed by atoms with Gasteiger partial charge in [-0.25, -0.2) is 4.98 Å². The fourth-order valence-electron chi connectivity index (χ4n) is 2.08. The highest BCUT2D eigenvalue weighted by molar-refractivity contribution is 7.98. The third-order valence-electron chi connectivity index (χ3n) is 3.47. The zero-order valence-electron chi connectivity index (χ0n) is 14.3. The van der Waals surface area contributed by atoms with Crippen molar-refractivity contribution < 1.29 is 9.21 Å². The number of furan rings is 1. The van der Waals surface area contributed by atoms with Crippen LogP contribution in [0.3, 0.4) is 0 Å². The summed E-state index contributed by atoms with van der Waals surface area (Å²) in [4.78, 5) is 16.2. The summed E-state index contributed by atoms with van der Waals surface area (Å²) in [5.41, 5.74) is 1.78. The van der Waals surface area contributed by atoms with Gasteiger partial charge in [-0.05, 0) is 18.2 Å². The van der Waals surface area contributed by atoms with Crippen LogP contribution in [0.1, 0.15) is 48.5 Å². The van der Waals surface area contributed by atoms with Gasteiger partial charge in [-0.3, -0.25) is 15.0 Å². The van der Waals surface area contributed by atoms with Gasteiger partial charge < -0.3 is 9.73 Å². The lowest BCUT2D eigenvalue weighted by Crippen LogP contribution is -2.22. The summed E-state index contributed by atoms with van der Waals surface area (Å²) in [7, 11) is 0. The molecule has 0 saturated heterocycles. The van der Waals surface area contributed by atoms with E-state index >= 15 is 0 Å². The molecular formula is C16H20N6O2S. The molecule has 0 aromatic carbocycles. The maximum absolute atomic E-state index is 12.2. The first-order chi connectivity index (χ1) is 11.9. The van der Waals surface area contributed by atoms with Crippen LogP contribution in [-0.2, 0) is 17.7 Å². The summed E-state index contributed by atoms with van der Waals surface area (Å²) >= 11 is 1.45. The van der Waals surface area contributed by atoms with Crippen molar-refractivity contribution >= 4 is 17.7 Å². The number of carbonyl (C=O) groups excluding carboxylic acids is 1. The number of rotatable bonds is 6. The van der Waals surface area contributed by atoms with Gasteiger partial charge in [-0.1, -0.05) is 32.5 Å². The molecule has 0 unspecified atom stereocenters. The molecule has 3 aromatic rings. The zero-order valence-corrected chi connectivity index (χ0v) is 15.1. The number of aromatic nitrogens is 5. The monoisotopic (exact) mass is 360 g/mol. The average Bonchev–Trinajstić information content (AvgIpc) is 3.30. The Balaban J connectivity index is 1.52. The zero-order chi connectivity index (χ0) is 17.9. The molecule has 0 aliphatic heterocycles. The summed E-state index contributed by atoms with van der Waals surface area (Å²) < 4.78 is 5.57. The molecule has 3 N–H and O–H groups in total. The van der Waals surface area contributed by atoms with Crippen LogP contribution in [0.15, 0.2) is 34.1 Å². The average molecular weight is 360 g/mol. The van der Waals surface area contributed by atoms with Crippen molar-refractivity contribution in [1.82, 2.24) is 30.7 Å². The van der Waals surface area contributed by atoms with Gasteiger partial charge in [0.25, 0.3) is 5.91 Å². The molecule has 0 atom stereocenters. The lowest BCUT2D eigenvalue weighted by Gasteiger charge is -2.13. The molecule has 3 rings (SSSR count). The molecular weight excluding hydrogens is 340 g/mol. The summed E-state index contributed by atoms with van der Waals surface area (Å²) in [6.07, 6.45) is 1.45. The van der Waals surface area contributed by atoms with Gasteiger partial charge in [-0.15, -0.1) is 0 Å². The van der Waals surface area contributed by atoms with E-state index < -0.39 is 0 Å². The first-order valence-electron chi connectivity index (χ1n) is 7.81. The molecule has 0 fully saturated rings. The van der Waals surface area contributed by atoms with E-state index in [4.69, 9.17) is 4.42 Å². The van der Waals surface area contributed by atoms with Crippen LogP contribution in [0.5, 0.6) is 0 Å². The van der Waals surface area contributed by atoms with Crippen LogP contribution in [0.4, 0.5) is 0 Å². The Hall–Kier alpha value is -2.55.